The second-order valence-electron chi connectivity index (χ2n) is 4.02. The van der Waals surface area contributed by atoms with E-state index in [1.54, 1.807) is 12.1 Å². The Bertz CT molecular complexity index is 591. The van der Waals surface area contributed by atoms with Gasteiger partial charge in [-0.25, -0.2) is 4.79 Å². The summed E-state index contributed by atoms with van der Waals surface area (Å²) >= 11 is 6.18. The number of carbonyl (C=O) groups is 1. The number of hydrogen-bond donors (Lipinski definition) is 0. The highest BCUT2D eigenvalue weighted by Gasteiger charge is 2.14. The van der Waals surface area contributed by atoms with Gasteiger partial charge in [0.05, 0.1) is 12.7 Å². The molecule has 18 heavy (non-hydrogen) atoms. The fourth-order valence-corrected chi connectivity index (χ4v) is 2.09. The minimum Gasteiger partial charge on any atom is -0.465 e. The molecule has 92 valence electrons. The van der Waals surface area contributed by atoms with Crippen molar-refractivity contribution in [3.05, 3.63) is 58.6 Å². The Morgan fingerprint density at radius 2 is 1.83 bits per heavy atom. The molecule has 2 aromatic rings. The molecule has 3 heteroatoms. The van der Waals surface area contributed by atoms with Crippen LogP contribution < -0.4 is 0 Å². The number of carbonyl (C=O) groups excluding carboxylic acids is 1. The number of aryl methyl sites for hydroxylation is 1. The molecule has 0 radical (unpaired) electrons. The lowest BCUT2D eigenvalue weighted by Crippen LogP contribution is -2.04. The lowest BCUT2D eigenvalue weighted by molar-refractivity contribution is 0.0601. The number of benzene rings is 2. The van der Waals surface area contributed by atoms with Crippen molar-refractivity contribution in [2.24, 2.45) is 0 Å². The number of methoxy groups -OCH3 is 1. The average molecular weight is 261 g/mol. The van der Waals surface area contributed by atoms with Crippen LogP contribution in [-0.2, 0) is 4.74 Å². The number of rotatable bonds is 2. The Labute approximate surface area is 111 Å². The van der Waals surface area contributed by atoms with Crippen molar-refractivity contribution in [3.8, 4) is 11.1 Å². The molecule has 0 fully saturated rings. The van der Waals surface area contributed by atoms with Crippen LogP contribution in [0.4, 0.5) is 0 Å². The van der Waals surface area contributed by atoms with Gasteiger partial charge in [0.2, 0.25) is 0 Å². The summed E-state index contributed by atoms with van der Waals surface area (Å²) < 4.78 is 4.80. The number of halogens is 1. The Balaban J connectivity index is 2.66. The zero-order chi connectivity index (χ0) is 13.1. The van der Waals surface area contributed by atoms with Gasteiger partial charge in [-0.1, -0.05) is 47.5 Å². The van der Waals surface area contributed by atoms with Crippen molar-refractivity contribution >= 4 is 17.6 Å². The van der Waals surface area contributed by atoms with E-state index in [1.807, 2.05) is 37.3 Å². The third-order valence-corrected chi connectivity index (χ3v) is 3.07. The van der Waals surface area contributed by atoms with Crippen molar-refractivity contribution in [2.45, 2.75) is 6.92 Å². The van der Waals surface area contributed by atoms with Gasteiger partial charge in [0.25, 0.3) is 0 Å². The van der Waals surface area contributed by atoms with E-state index in [1.165, 1.54) is 7.11 Å². The van der Waals surface area contributed by atoms with E-state index in [4.69, 9.17) is 16.3 Å². The molecule has 0 saturated heterocycles. The van der Waals surface area contributed by atoms with Gasteiger partial charge < -0.3 is 4.74 Å². The Morgan fingerprint density at radius 3 is 2.50 bits per heavy atom. The smallest absolute Gasteiger partial charge is 0.338 e. The van der Waals surface area contributed by atoms with Crippen LogP contribution in [0.5, 0.6) is 0 Å². The molecule has 0 bridgehead atoms. The molecule has 0 atom stereocenters. The lowest BCUT2D eigenvalue weighted by atomic mass is 9.97. The van der Waals surface area contributed by atoms with E-state index in [0.29, 0.717) is 10.6 Å². The molecule has 0 aromatic heterocycles. The number of ether oxygens (including phenoxy) is 1. The van der Waals surface area contributed by atoms with E-state index < -0.39 is 0 Å². The summed E-state index contributed by atoms with van der Waals surface area (Å²) in [6.45, 7) is 1.97. The molecule has 0 unspecified atom stereocenters. The minimum absolute atomic E-state index is 0.357. The topological polar surface area (TPSA) is 26.3 Å². The number of esters is 1. The van der Waals surface area contributed by atoms with Crippen LogP contribution in [0.1, 0.15) is 15.9 Å². The lowest BCUT2D eigenvalue weighted by Gasteiger charge is -2.10. The fourth-order valence-electron chi connectivity index (χ4n) is 1.85. The summed E-state index contributed by atoms with van der Waals surface area (Å²) in [4.78, 5) is 11.8. The maximum atomic E-state index is 11.8. The molecule has 0 aliphatic carbocycles. The van der Waals surface area contributed by atoms with Crippen LogP contribution in [0.2, 0.25) is 5.02 Å². The Morgan fingerprint density at radius 1 is 1.11 bits per heavy atom. The van der Waals surface area contributed by atoms with Crippen LogP contribution in [0.3, 0.4) is 0 Å². The molecular formula is C15H13ClO2. The molecule has 0 aliphatic rings. The third-order valence-electron chi connectivity index (χ3n) is 2.74. The molecular weight excluding hydrogens is 248 g/mol. The monoisotopic (exact) mass is 260 g/mol. The van der Waals surface area contributed by atoms with Crippen LogP contribution in [0.25, 0.3) is 11.1 Å². The van der Waals surface area contributed by atoms with Gasteiger partial charge in [0, 0.05) is 10.6 Å². The first-order chi connectivity index (χ1) is 8.63. The highest BCUT2D eigenvalue weighted by Crippen LogP contribution is 2.31. The fraction of sp³-hybridized carbons (Fsp3) is 0.133. The Kier molecular flexibility index (Phi) is 3.68. The quantitative estimate of drug-likeness (QED) is 0.760. The summed E-state index contributed by atoms with van der Waals surface area (Å²) in [5.41, 5.74) is 3.23. The van der Waals surface area contributed by atoms with Crippen molar-refractivity contribution in [3.63, 3.8) is 0 Å². The van der Waals surface area contributed by atoms with Crippen molar-refractivity contribution in [1.82, 2.24) is 0 Å². The first kappa shape index (κ1) is 12.7. The molecule has 2 nitrogen and oxygen atoms in total. The van der Waals surface area contributed by atoms with Crippen LogP contribution >= 0.6 is 11.6 Å². The van der Waals surface area contributed by atoms with Gasteiger partial charge >= 0.3 is 5.97 Å². The van der Waals surface area contributed by atoms with Crippen LogP contribution in [0.15, 0.2) is 42.5 Å². The van der Waals surface area contributed by atoms with Crippen molar-refractivity contribution in [2.75, 3.05) is 7.11 Å². The summed E-state index contributed by atoms with van der Waals surface area (Å²) in [5.74, 6) is -0.357. The van der Waals surface area contributed by atoms with Gasteiger partial charge in [-0.3, -0.25) is 0 Å². The van der Waals surface area contributed by atoms with Gasteiger partial charge in [-0.05, 0) is 24.6 Å². The maximum absolute atomic E-state index is 11.8. The summed E-state index contributed by atoms with van der Waals surface area (Å²) in [7, 11) is 1.37. The second kappa shape index (κ2) is 5.23. The van der Waals surface area contributed by atoms with Crippen molar-refractivity contribution < 1.29 is 9.53 Å². The predicted molar refractivity (Wildman–Crippen MR) is 73.0 cm³/mol. The first-order valence-electron chi connectivity index (χ1n) is 5.57. The summed E-state index contributed by atoms with van der Waals surface area (Å²) in [6.07, 6.45) is 0. The SMILES string of the molecule is COC(=O)c1ccc(C)cc1-c1ccccc1Cl. The van der Waals surface area contributed by atoms with E-state index in [-0.39, 0.29) is 5.97 Å². The van der Waals surface area contributed by atoms with Crippen LogP contribution in [0, 0.1) is 6.92 Å². The normalized spacial score (nSPS) is 10.2. The molecule has 0 heterocycles. The maximum Gasteiger partial charge on any atom is 0.338 e. The third kappa shape index (κ3) is 2.39. The largest absolute Gasteiger partial charge is 0.465 e. The van der Waals surface area contributed by atoms with Gasteiger partial charge in [-0.2, -0.15) is 0 Å². The van der Waals surface area contributed by atoms with E-state index in [2.05, 4.69) is 0 Å². The molecule has 2 aromatic carbocycles. The number of hydrogen-bond acceptors (Lipinski definition) is 2. The van der Waals surface area contributed by atoms with Gasteiger partial charge in [0.1, 0.15) is 0 Å². The molecule has 0 spiro atoms. The molecule has 0 saturated carbocycles. The molecule has 0 N–H and O–H groups in total. The molecule has 0 amide bonds. The molecule has 0 aliphatic heterocycles. The van der Waals surface area contributed by atoms with E-state index in [0.717, 1.165) is 16.7 Å². The summed E-state index contributed by atoms with van der Waals surface area (Å²) in [6, 6.07) is 13.0. The first-order valence-corrected chi connectivity index (χ1v) is 5.95. The molecule has 2 rings (SSSR count). The van der Waals surface area contributed by atoms with Gasteiger partial charge in [-0.15, -0.1) is 0 Å². The minimum atomic E-state index is -0.357. The van der Waals surface area contributed by atoms with E-state index in [9.17, 15) is 4.79 Å². The standard InChI is InChI=1S/C15H13ClO2/c1-10-7-8-12(15(17)18-2)13(9-10)11-5-3-4-6-14(11)16/h3-9H,1-2H3. The zero-order valence-corrected chi connectivity index (χ0v) is 11.0. The highest BCUT2D eigenvalue weighted by molar-refractivity contribution is 6.33. The second-order valence-corrected chi connectivity index (χ2v) is 4.43. The van der Waals surface area contributed by atoms with Gasteiger partial charge in [0.15, 0.2) is 0 Å². The highest BCUT2D eigenvalue weighted by atomic mass is 35.5. The average Bonchev–Trinajstić information content (AvgIpc) is 2.38. The van der Waals surface area contributed by atoms with Crippen molar-refractivity contribution in [1.29, 1.82) is 0 Å². The van der Waals surface area contributed by atoms with E-state index >= 15 is 0 Å². The zero-order valence-electron chi connectivity index (χ0n) is 10.2. The Hall–Kier alpha value is -1.80. The summed E-state index contributed by atoms with van der Waals surface area (Å²) in [5, 5.41) is 0.619. The van der Waals surface area contributed by atoms with Crippen LogP contribution in [-0.4, -0.2) is 13.1 Å². The predicted octanol–water partition coefficient (Wildman–Crippen LogP) is 4.10.